The molecule has 3 heterocycles. The number of alkyl halides is 3. The number of aromatic amines is 1. The van der Waals surface area contributed by atoms with Crippen LogP contribution in [0.5, 0.6) is 0 Å². The van der Waals surface area contributed by atoms with E-state index in [1.54, 1.807) is 18.3 Å². The lowest BCUT2D eigenvalue weighted by atomic mass is 10.1. The summed E-state index contributed by atoms with van der Waals surface area (Å²) in [5.74, 6) is 0. The van der Waals surface area contributed by atoms with E-state index in [0.29, 0.717) is 28.8 Å². The molecule has 11 heteroatoms. The van der Waals surface area contributed by atoms with Crippen LogP contribution in [0.1, 0.15) is 6.92 Å². The zero-order valence-electron chi connectivity index (χ0n) is 13.0. The summed E-state index contributed by atoms with van der Waals surface area (Å²) in [6.07, 6.45) is -0.405. The van der Waals surface area contributed by atoms with E-state index < -0.39 is 18.8 Å². The summed E-state index contributed by atoms with van der Waals surface area (Å²) >= 11 is 0. The number of imidazole rings is 1. The minimum atomic E-state index is -4.51. The standard InChI is InChI=1S/C14H13F3N6O2/c1-2-22-10-9(3-4-18-11(10)21-13(22)25)8-5-20-23(6-8)12(24)19-7-14(15,16)17/h3-6H,2,7H2,1H3,(H,19,24)(H,18,21,25). The van der Waals surface area contributed by atoms with Crippen LogP contribution in [0.2, 0.25) is 0 Å². The molecule has 3 aromatic rings. The predicted molar refractivity (Wildman–Crippen MR) is 82.1 cm³/mol. The number of H-pyrrole nitrogens is 1. The SMILES string of the molecule is CCn1c(=O)[nH]c2nccc(-c3cnn(C(=O)NCC(F)(F)F)c3)c21. The third-order valence-corrected chi connectivity index (χ3v) is 3.52. The number of amides is 1. The van der Waals surface area contributed by atoms with Gasteiger partial charge in [-0.3, -0.25) is 9.55 Å². The Morgan fingerprint density at radius 3 is 2.84 bits per heavy atom. The molecule has 0 saturated carbocycles. The van der Waals surface area contributed by atoms with Crippen molar-refractivity contribution < 1.29 is 18.0 Å². The van der Waals surface area contributed by atoms with Crippen LogP contribution >= 0.6 is 0 Å². The van der Waals surface area contributed by atoms with Gasteiger partial charge in [0.2, 0.25) is 0 Å². The first kappa shape index (κ1) is 16.7. The van der Waals surface area contributed by atoms with E-state index in [0.717, 1.165) is 4.68 Å². The summed E-state index contributed by atoms with van der Waals surface area (Å²) in [5.41, 5.74) is 1.63. The summed E-state index contributed by atoms with van der Waals surface area (Å²) < 4.78 is 38.8. The lowest BCUT2D eigenvalue weighted by molar-refractivity contribution is -0.122. The molecule has 1 amide bonds. The molecule has 3 rings (SSSR count). The Morgan fingerprint density at radius 1 is 1.40 bits per heavy atom. The fourth-order valence-electron chi connectivity index (χ4n) is 2.45. The third-order valence-electron chi connectivity index (χ3n) is 3.52. The van der Waals surface area contributed by atoms with Gasteiger partial charge < -0.3 is 5.32 Å². The normalized spacial score (nSPS) is 11.8. The fourth-order valence-corrected chi connectivity index (χ4v) is 2.45. The van der Waals surface area contributed by atoms with Gasteiger partial charge in [-0.25, -0.2) is 14.6 Å². The lowest BCUT2D eigenvalue weighted by Crippen LogP contribution is -2.36. The average Bonchev–Trinajstić information content (AvgIpc) is 3.15. The van der Waals surface area contributed by atoms with Crippen molar-refractivity contribution in [3.63, 3.8) is 0 Å². The van der Waals surface area contributed by atoms with Crippen LogP contribution in [0.4, 0.5) is 18.0 Å². The first-order chi connectivity index (χ1) is 11.8. The number of nitrogens with zero attached hydrogens (tertiary/aromatic N) is 4. The van der Waals surface area contributed by atoms with Gasteiger partial charge in [-0.2, -0.15) is 23.0 Å². The first-order valence-corrected chi connectivity index (χ1v) is 7.27. The highest BCUT2D eigenvalue weighted by molar-refractivity contribution is 5.90. The Bertz CT molecular complexity index is 985. The summed E-state index contributed by atoms with van der Waals surface area (Å²) in [6, 6.07) is 0.632. The third kappa shape index (κ3) is 3.25. The summed E-state index contributed by atoms with van der Waals surface area (Å²) in [7, 11) is 0. The Morgan fingerprint density at radius 2 is 2.16 bits per heavy atom. The average molecular weight is 354 g/mol. The predicted octanol–water partition coefficient (Wildman–Crippen LogP) is 1.73. The Kier molecular flexibility index (Phi) is 4.07. The van der Waals surface area contributed by atoms with Crippen LogP contribution in [0, 0.1) is 0 Å². The van der Waals surface area contributed by atoms with Crippen molar-refractivity contribution >= 4 is 17.2 Å². The quantitative estimate of drug-likeness (QED) is 0.748. The van der Waals surface area contributed by atoms with Crippen LogP contribution in [-0.4, -0.2) is 43.1 Å². The van der Waals surface area contributed by atoms with Gasteiger partial charge in [-0.1, -0.05) is 0 Å². The lowest BCUT2D eigenvalue weighted by Gasteiger charge is -2.07. The Labute approximate surface area is 138 Å². The van der Waals surface area contributed by atoms with Crippen molar-refractivity contribution in [1.29, 1.82) is 0 Å². The van der Waals surface area contributed by atoms with E-state index in [1.165, 1.54) is 23.2 Å². The molecule has 0 aliphatic heterocycles. The van der Waals surface area contributed by atoms with E-state index in [9.17, 15) is 22.8 Å². The van der Waals surface area contributed by atoms with Crippen LogP contribution < -0.4 is 11.0 Å². The highest BCUT2D eigenvalue weighted by atomic mass is 19.4. The van der Waals surface area contributed by atoms with Crippen molar-refractivity contribution in [2.45, 2.75) is 19.6 Å². The maximum Gasteiger partial charge on any atom is 0.405 e. The summed E-state index contributed by atoms with van der Waals surface area (Å²) in [6.45, 7) is 0.741. The minimum absolute atomic E-state index is 0.326. The number of pyridine rings is 1. The zero-order chi connectivity index (χ0) is 18.2. The molecule has 2 N–H and O–H groups in total. The maximum absolute atomic E-state index is 12.2. The molecule has 0 atom stereocenters. The number of carbonyl (C=O) groups is 1. The van der Waals surface area contributed by atoms with Crippen molar-refractivity contribution in [3.8, 4) is 11.1 Å². The highest BCUT2D eigenvalue weighted by Gasteiger charge is 2.28. The summed E-state index contributed by atoms with van der Waals surface area (Å²) in [4.78, 5) is 30.4. The van der Waals surface area contributed by atoms with Crippen LogP contribution in [0.3, 0.4) is 0 Å². The number of rotatable bonds is 3. The number of aryl methyl sites for hydroxylation is 1. The van der Waals surface area contributed by atoms with Gasteiger partial charge in [0.1, 0.15) is 6.54 Å². The van der Waals surface area contributed by atoms with Crippen molar-refractivity contribution in [1.82, 2.24) is 29.6 Å². The zero-order valence-corrected chi connectivity index (χ0v) is 13.0. The molecule has 0 spiro atoms. The van der Waals surface area contributed by atoms with E-state index in [2.05, 4.69) is 15.1 Å². The molecule has 0 fully saturated rings. The fraction of sp³-hybridized carbons (Fsp3) is 0.286. The van der Waals surface area contributed by atoms with Gasteiger partial charge in [-0.05, 0) is 13.0 Å². The van der Waals surface area contributed by atoms with E-state index >= 15 is 0 Å². The smallest absolute Gasteiger partial charge is 0.327 e. The maximum atomic E-state index is 12.2. The van der Waals surface area contributed by atoms with E-state index in [1.807, 2.05) is 0 Å². The van der Waals surface area contributed by atoms with Crippen LogP contribution in [0.25, 0.3) is 22.3 Å². The van der Waals surface area contributed by atoms with Gasteiger partial charge in [0.25, 0.3) is 0 Å². The number of hydrogen-bond donors (Lipinski definition) is 2. The van der Waals surface area contributed by atoms with Gasteiger partial charge in [0.05, 0.1) is 11.7 Å². The second-order valence-corrected chi connectivity index (χ2v) is 5.18. The largest absolute Gasteiger partial charge is 0.405 e. The molecular weight excluding hydrogens is 341 g/mol. The number of fused-ring (bicyclic) bond motifs is 1. The van der Waals surface area contributed by atoms with Crippen molar-refractivity contribution in [2.75, 3.05) is 6.54 Å². The molecular formula is C14H13F3N6O2. The second-order valence-electron chi connectivity index (χ2n) is 5.18. The molecule has 3 aromatic heterocycles. The van der Waals surface area contributed by atoms with Gasteiger partial charge >= 0.3 is 17.9 Å². The van der Waals surface area contributed by atoms with E-state index in [-0.39, 0.29) is 5.69 Å². The first-order valence-electron chi connectivity index (χ1n) is 7.27. The molecule has 0 bridgehead atoms. The van der Waals surface area contributed by atoms with E-state index in [4.69, 9.17) is 0 Å². The molecule has 0 aromatic carbocycles. The molecule has 0 aliphatic carbocycles. The molecule has 0 aliphatic rings. The number of nitrogens with one attached hydrogen (secondary N) is 2. The molecule has 25 heavy (non-hydrogen) atoms. The van der Waals surface area contributed by atoms with Gasteiger partial charge in [0.15, 0.2) is 5.65 Å². The molecule has 0 unspecified atom stereocenters. The highest BCUT2D eigenvalue weighted by Crippen LogP contribution is 2.25. The molecule has 0 saturated heterocycles. The van der Waals surface area contributed by atoms with Gasteiger partial charge in [0, 0.05) is 30.1 Å². The molecule has 132 valence electrons. The second kappa shape index (κ2) is 6.07. The van der Waals surface area contributed by atoms with Crippen molar-refractivity contribution in [3.05, 3.63) is 35.1 Å². The Hall–Kier alpha value is -3.11. The summed E-state index contributed by atoms with van der Waals surface area (Å²) in [5, 5.41) is 5.51. The van der Waals surface area contributed by atoms with Crippen molar-refractivity contribution in [2.24, 2.45) is 0 Å². The topological polar surface area (TPSA) is 97.6 Å². The minimum Gasteiger partial charge on any atom is -0.327 e. The number of aromatic nitrogens is 5. The molecule has 0 radical (unpaired) electrons. The monoisotopic (exact) mass is 354 g/mol. The van der Waals surface area contributed by atoms with Gasteiger partial charge in [-0.15, -0.1) is 0 Å². The molecule has 8 nitrogen and oxygen atoms in total. The number of halogens is 3. The number of carbonyl (C=O) groups excluding carboxylic acids is 1. The Balaban J connectivity index is 1.97. The van der Waals surface area contributed by atoms with Crippen LogP contribution in [0.15, 0.2) is 29.5 Å². The number of hydrogen-bond acceptors (Lipinski definition) is 4. The van der Waals surface area contributed by atoms with Crippen LogP contribution in [-0.2, 0) is 6.54 Å².